The second-order valence-corrected chi connectivity index (χ2v) is 11.0. The molecule has 7 nitrogen and oxygen atoms in total. The van der Waals surface area contributed by atoms with E-state index in [4.69, 9.17) is 0 Å². The first-order valence-electron chi connectivity index (χ1n) is 13.8. The van der Waals surface area contributed by atoms with Gasteiger partial charge in [-0.05, 0) is 26.7 Å². The van der Waals surface area contributed by atoms with Crippen LogP contribution in [0.3, 0.4) is 0 Å². The van der Waals surface area contributed by atoms with Crippen molar-refractivity contribution in [2.24, 2.45) is 0 Å². The molecule has 0 spiro atoms. The molecule has 0 rings (SSSR count). The van der Waals surface area contributed by atoms with Gasteiger partial charge in [-0.3, -0.25) is 4.18 Å². The van der Waals surface area contributed by atoms with Gasteiger partial charge < -0.3 is 20.1 Å². The number of hydrogen-bond donors (Lipinski definition) is 3. The summed E-state index contributed by atoms with van der Waals surface area (Å²) in [6, 6.07) is 0.358. The van der Waals surface area contributed by atoms with Crippen molar-refractivity contribution in [3.8, 4) is 0 Å². The van der Waals surface area contributed by atoms with Crippen molar-refractivity contribution in [3.63, 3.8) is 0 Å². The van der Waals surface area contributed by atoms with Crippen LogP contribution >= 0.6 is 0 Å². The second kappa shape index (κ2) is 25.8. The van der Waals surface area contributed by atoms with E-state index in [0.717, 1.165) is 26.5 Å². The zero-order valence-corrected chi connectivity index (χ0v) is 23.5. The van der Waals surface area contributed by atoms with Gasteiger partial charge in [0.15, 0.2) is 0 Å². The van der Waals surface area contributed by atoms with Gasteiger partial charge in [-0.2, -0.15) is 0 Å². The van der Waals surface area contributed by atoms with Crippen molar-refractivity contribution in [1.29, 1.82) is 0 Å². The number of unbranched alkanes of at least 4 members (excludes halogenated alkanes) is 15. The van der Waals surface area contributed by atoms with Crippen LogP contribution in [0.4, 0.5) is 0 Å². The summed E-state index contributed by atoms with van der Waals surface area (Å²) in [7, 11) is -3.60. The van der Waals surface area contributed by atoms with Crippen molar-refractivity contribution in [3.05, 3.63) is 0 Å². The Morgan fingerprint density at radius 1 is 0.706 bits per heavy atom. The second-order valence-electron chi connectivity index (χ2n) is 9.83. The molecule has 0 saturated carbocycles. The molecule has 0 heterocycles. The maximum atomic E-state index is 9.58. The van der Waals surface area contributed by atoms with E-state index in [2.05, 4.69) is 16.4 Å². The van der Waals surface area contributed by atoms with Gasteiger partial charge in [0.05, 0.1) is 31.9 Å². The average Bonchev–Trinajstić information content (AvgIpc) is 2.75. The highest BCUT2D eigenvalue weighted by Crippen LogP contribution is 2.13. The van der Waals surface area contributed by atoms with E-state index in [1.807, 2.05) is 13.8 Å². The van der Waals surface area contributed by atoms with E-state index >= 15 is 0 Å². The monoisotopic (exact) mass is 511 g/mol. The van der Waals surface area contributed by atoms with E-state index in [0.29, 0.717) is 6.04 Å². The van der Waals surface area contributed by atoms with Crippen molar-refractivity contribution in [2.45, 2.75) is 155 Å². The van der Waals surface area contributed by atoms with Crippen molar-refractivity contribution in [1.82, 2.24) is 0 Å². The Hall–Kier alpha value is -0.250. The SMILES string of the molecule is CCCCCCCCCCCCCCCCCC[NH2+]C(CC(C)O)CC(C)O.COS(=O)(=O)[O-]. The summed E-state index contributed by atoms with van der Waals surface area (Å²) in [4.78, 5) is 0. The molecule has 4 N–H and O–H groups in total. The first-order chi connectivity index (χ1) is 16.1. The van der Waals surface area contributed by atoms with Crippen LogP contribution in [0.1, 0.15) is 136 Å². The normalized spacial score (nSPS) is 14.3. The lowest BCUT2D eigenvalue weighted by Gasteiger charge is -2.18. The number of nitrogens with two attached hydrogens (primary N) is 1. The van der Waals surface area contributed by atoms with E-state index in [-0.39, 0.29) is 12.2 Å². The molecule has 0 saturated heterocycles. The topological polar surface area (TPSA) is 124 Å². The summed E-state index contributed by atoms with van der Waals surface area (Å²) >= 11 is 0. The van der Waals surface area contributed by atoms with Gasteiger partial charge in [0.25, 0.3) is 0 Å². The highest BCUT2D eigenvalue weighted by Gasteiger charge is 2.16. The molecule has 0 aromatic heterocycles. The van der Waals surface area contributed by atoms with E-state index in [1.54, 1.807) is 0 Å². The summed E-state index contributed by atoms with van der Waals surface area (Å²) in [6.07, 6.45) is 23.5. The van der Waals surface area contributed by atoms with Gasteiger partial charge in [0.1, 0.15) is 0 Å². The van der Waals surface area contributed by atoms with Crippen LogP contribution < -0.4 is 5.32 Å². The van der Waals surface area contributed by atoms with Gasteiger partial charge in [0.2, 0.25) is 10.4 Å². The van der Waals surface area contributed by atoms with E-state index < -0.39 is 10.4 Å². The van der Waals surface area contributed by atoms with Crippen LogP contribution in [-0.4, -0.2) is 55.1 Å². The minimum atomic E-state index is -4.41. The Balaban J connectivity index is 0. The lowest BCUT2D eigenvalue weighted by atomic mass is 10.0. The van der Waals surface area contributed by atoms with Crippen LogP contribution in [0, 0.1) is 0 Å². The molecular formula is C26H57NO6S. The Morgan fingerprint density at radius 3 is 1.26 bits per heavy atom. The summed E-state index contributed by atoms with van der Waals surface area (Å²) in [5.74, 6) is 0. The molecule has 0 amide bonds. The highest BCUT2D eigenvalue weighted by molar-refractivity contribution is 7.80. The summed E-state index contributed by atoms with van der Waals surface area (Å²) in [5, 5.41) is 21.5. The smallest absolute Gasteiger partial charge is 0.217 e. The Morgan fingerprint density at radius 2 is 1.00 bits per heavy atom. The number of quaternary nitrogens is 1. The average molecular weight is 512 g/mol. The quantitative estimate of drug-likeness (QED) is 0.103. The third-order valence-corrected chi connectivity index (χ3v) is 6.46. The number of aliphatic hydroxyl groups excluding tert-OH is 2. The van der Waals surface area contributed by atoms with E-state index in [9.17, 15) is 23.2 Å². The fourth-order valence-corrected chi connectivity index (χ4v) is 4.21. The molecule has 8 heteroatoms. The van der Waals surface area contributed by atoms with E-state index in [1.165, 1.54) is 103 Å². The fraction of sp³-hybridized carbons (Fsp3) is 1.00. The largest absolute Gasteiger partial charge is 0.726 e. The standard InChI is InChI=1S/C25H53NO2.CH4O4S/c1-4-5-6-7-8-9-10-11-12-13-14-15-16-17-18-19-20-26-25(21-23(2)27)22-24(3)28;1-5-6(2,3)4/h23-28H,4-22H2,1-3H3;1H3,(H,2,3,4). The minimum Gasteiger partial charge on any atom is -0.726 e. The maximum Gasteiger partial charge on any atom is 0.217 e. The first kappa shape index (κ1) is 35.9. The Kier molecular flexibility index (Phi) is 27.3. The first-order valence-corrected chi connectivity index (χ1v) is 15.2. The molecule has 0 fully saturated rings. The molecule has 0 aliphatic carbocycles. The molecule has 2 unspecified atom stereocenters. The lowest BCUT2D eigenvalue weighted by Crippen LogP contribution is -2.90. The molecule has 208 valence electrons. The predicted molar refractivity (Wildman–Crippen MR) is 139 cm³/mol. The molecule has 0 aromatic carbocycles. The number of rotatable bonds is 23. The Labute approximate surface area is 211 Å². The third-order valence-electron chi connectivity index (χ3n) is 6.05. The summed E-state index contributed by atoms with van der Waals surface area (Å²) in [6.45, 7) is 7.10. The molecular weight excluding hydrogens is 454 g/mol. The minimum absolute atomic E-state index is 0.272. The van der Waals surface area contributed by atoms with Gasteiger partial charge >= 0.3 is 0 Å². The summed E-state index contributed by atoms with van der Waals surface area (Å²) < 4.78 is 31.0. The van der Waals surface area contributed by atoms with Crippen LogP contribution in [0.15, 0.2) is 0 Å². The van der Waals surface area contributed by atoms with Gasteiger partial charge in [-0.25, -0.2) is 8.42 Å². The van der Waals surface area contributed by atoms with Gasteiger partial charge in [0, 0.05) is 12.8 Å². The number of aliphatic hydroxyl groups is 2. The molecule has 0 bridgehead atoms. The molecule has 0 aromatic rings. The zero-order chi connectivity index (χ0) is 26.1. The van der Waals surface area contributed by atoms with Gasteiger partial charge in [-0.15, -0.1) is 0 Å². The molecule has 0 radical (unpaired) electrons. The Bertz CT molecular complexity index is 490. The fourth-order valence-electron chi connectivity index (χ4n) is 4.21. The van der Waals surface area contributed by atoms with Crippen LogP contribution in [0.25, 0.3) is 0 Å². The van der Waals surface area contributed by atoms with Crippen molar-refractivity contribution in [2.75, 3.05) is 13.7 Å². The highest BCUT2D eigenvalue weighted by atomic mass is 32.3. The van der Waals surface area contributed by atoms with Gasteiger partial charge in [-0.1, -0.05) is 96.8 Å². The van der Waals surface area contributed by atoms with Crippen molar-refractivity contribution < 1.29 is 32.7 Å². The van der Waals surface area contributed by atoms with Crippen LogP contribution in [0.2, 0.25) is 0 Å². The van der Waals surface area contributed by atoms with Crippen LogP contribution in [-0.2, 0) is 14.6 Å². The molecule has 0 aliphatic rings. The third kappa shape index (κ3) is 33.9. The maximum absolute atomic E-state index is 9.58. The van der Waals surface area contributed by atoms with Crippen molar-refractivity contribution >= 4 is 10.4 Å². The summed E-state index contributed by atoms with van der Waals surface area (Å²) in [5.41, 5.74) is 0. The lowest BCUT2D eigenvalue weighted by molar-refractivity contribution is -0.692. The predicted octanol–water partition coefficient (Wildman–Crippen LogP) is 4.81. The molecule has 2 atom stereocenters. The molecule has 0 aliphatic heterocycles. The molecule has 34 heavy (non-hydrogen) atoms. The van der Waals surface area contributed by atoms with Crippen LogP contribution in [0.5, 0.6) is 0 Å². The zero-order valence-electron chi connectivity index (χ0n) is 22.7. The number of hydrogen-bond acceptors (Lipinski definition) is 6.